The zero-order valence-electron chi connectivity index (χ0n) is 16.2. The molecule has 0 spiro atoms. The van der Waals surface area contributed by atoms with Gasteiger partial charge in [-0.3, -0.25) is 14.6 Å². The number of nitrogens with one attached hydrogen (secondary N) is 1. The second kappa shape index (κ2) is 8.64. The number of esters is 1. The lowest BCUT2D eigenvalue weighted by atomic mass is 10.2. The summed E-state index contributed by atoms with van der Waals surface area (Å²) in [4.78, 5) is 39.7. The summed E-state index contributed by atoms with van der Waals surface area (Å²) in [6.07, 6.45) is 3.71. The average molecular weight is 405 g/mol. The highest BCUT2D eigenvalue weighted by Crippen LogP contribution is 2.20. The fourth-order valence-electron chi connectivity index (χ4n) is 2.97. The van der Waals surface area contributed by atoms with Gasteiger partial charge in [-0.15, -0.1) is 0 Å². The number of aromatic nitrogens is 5. The quantitative estimate of drug-likeness (QED) is 0.465. The Balaban J connectivity index is 1.31. The van der Waals surface area contributed by atoms with Crippen molar-refractivity contribution in [3.63, 3.8) is 0 Å². The summed E-state index contributed by atoms with van der Waals surface area (Å²) in [6, 6.07) is 10.7. The van der Waals surface area contributed by atoms with Crippen molar-refractivity contribution >= 4 is 16.9 Å². The van der Waals surface area contributed by atoms with Gasteiger partial charge in [0.25, 0.3) is 11.4 Å². The second-order valence-electron chi connectivity index (χ2n) is 6.71. The van der Waals surface area contributed by atoms with Gasteiger partial charge in [0.1, 0.15) is 5.82 Å². The molecule has 4 rings (SSSR count). The van der Waals surface area contributed by atoms with Crippen molar-refractivity contribution in [2.45, 2.75) is 32.3 Å². The van der Waals surface area contributed by atoms with Crippen molar-refractivity contribution in [1.29, 1.82) is 0 Å². The molecule has 4 aromatic rings. The Morgan fingerprint density at radius 2 is 2.07 bits per heavy atom. The number of hydrogen-bond donors (Lipinski definition) is 1. The van der Waals surface area contributed by atoms with Crippen LogP contribution in [0.25, 0.3) is 22.3 Å². The number of rotatable bonds is 7. The maximum atomic E-state index is 12.2. The fourth-order valence-corrected chi connectivity index (χ4v) is 2.97. The van der Waals surface area contributed by atoms with E-state index in [1.54, 1.807) is 43.6 Å². The third-order valence-electron chi connectivity index (χ3n) is 4.47. The van der Waals surface area contributed by atoms with Gasteiger partial charge in [-0.25, -0.2) is 4.98 Å². The molecule has 0 aliphatic heterocycles. The lowest BCUT2D eigenvalue weighted by molar-refractivity contribution is -0.149. The Labute approximate surface area is 171 Å². The van der Waals surface area contributed by atoms with Crippen molar-refractivity contribution < 1.29 is 14.1 Å². The van der Waals surface area contributed by atoms with Crippen molar-refractivity contribution in [3.05, 3.63) is 70.9 Å². The Kier molecular flexibility index (Phi) is 5.60. The van der Waals surface area contributed by atoms with Crippen LogP contribution in [0.5, 0.6) is 0 Å². The number of benzene rings is 1. The Bertz CT molecular complexity index is 1220. The van der Waals surface area contributed by atoms with Crippen LogP contribution >= 0.6 is 0 Å². The summed E-state index contributed by atoms with van der Waals surface area (Å²) >= 11 is 0. The molecule has 0 saturated carbocycles. The van der Waals surface area contributed by atoms with Gasteiger partial charge >= 0.3 is 5.97 Å². The van der Waals surface area contributed by atoms with E-state index in [-0.39, 0.29) is 17.9 Å². The van der Waals surface area contributed by atoms with Gasteiger partial charge in [-0.2, -0.15) is 4.98 Å². The molecule has 152 valence electrons. The van der Waals surface area contributed by atoms with Gasteiger partial charge in [-0.05, 0) is 37.6 Å². The second-order valence-corrected chi connectivity index (χ2v) is 6.71. The molecule has 0 bridgehead atoms. The number of carbonyl (C=O) groups is 1. The van der Waals surface area contributed by atoms with Gasteiger partial charge in [0.15, 0.2) is 6.10 Å². The number of nitrogens with zero attached hydrogens (tertiary/aromatic N) is 4. The van der Waals surface area contributed by atoms with Crippen LogP contribution in [-0.2, 0) is 16.0 Å². The predicted molar refractivity (Wildman–Crippen MR) is 107 cm³/mol. The van der Waals surface area contributed by atoms with Crippen LogP contribution in [0.1, 0.15) is 37.6 Å². The van der Waals surface area contributed by atoms with Crippen LogP contribution in [0.3, 0.4) is 0 Å². The third kappa shape index (κ3) is 4.40. The summed E-state index contributed by atoms with van der Waals surface area (Å²) in [7, 11) is 0. The lowest BCUT2D eigenvalue weighted by Crippen LogP contribution is -2.13. The largest absolute Gasteiger partial charge is 0.453 e. The lowest BCUT2D eigenvalue weighted by Gasteiger charge is -2.09. The first-order chi connectivity index (χ1) is 14.6. The zero-order chi connectivity index (χ0) is 20.9. The van der Waals surface area contributed by atoms with E-state index in [4.69, 9.17) is 9.26 Å². The van der Waals surface area contributed by atoms with Crippen LogP contribution in [0.15, 0.2) is 58.1 Å². The molecule has 0 saturated heterocycles. The molecule has 1 atom stereocenters. The van der Waals surface area contributed by atoms with Crippen molar-refractivity contribution in [3.8, 4) is 11.4 Å². The first kappa shape index (κ1) is 19.4. The van der Waals surface area contributed by atoms with Crippen molar-refractivity contribution in [2.24, 2.45) is 0 Å². The van der Waals surface area contributed by atoms with Crippen LogP contribution in [0.4, 0.5) is 0 Å². The monoisotopic (exact) mass is 405 g/mol. The molecule has 1 aromatic carbocycles. The summed E-state index contributed by atoms with van der Waals surface area (Å²) in [5.41, 5.74) is 1.16. The van der Waals surface area contributed by atoms with Crippen molar-refractivity contribution in [1.82, 2.24) is 25.1 Å². The smallest absolute Gasteiger partial charge is 0.306 e. The summed E-state index contributed by atoms with van der Waals surface area (Å²) in [5.74, 6) is 0.736. The summed E-state index contributed by atoms with van der Waals surface area (Å²) in [6.45, 7) is 1.67. The molecular formula is C21H19N5O4. The molecule has 0 radical (unpaired) electrons. The van der Waals surface area contributed by atoms with E-state index in [2.05, 4.69) is 25.1 Å². The number of H-pyrrole nitrogens is 1. The normalized spacial score (nSPS) is 12.0. The summed E-state index contributed by atoms with van der Waals surface area (Å²) < 4.78 is 10.6. The average Bonchev–Trinajstić information content (AvgIpc) is 3.25. The zero-order valence-corrected chi connectivity index (χ0v) is 16.2. The number of aromatic amines is 1. The number of hydrogen-bond acceptors (Lipinski definition) is 8. The molecule has 0 fully saturated rings. The molecule has 1 N–H and O–H groups in total. The molecule has 3 heterocycles. The Morgan fingerprint density at radius 3 is 2.90 bits per heavy atom. The van der Waals surface area contributed by atoms with Crippen LogP contribution in [-0.4, -0.2) is 31.1 Å². The van der Waals surface area contributed by atoms with E-state index in [1.165, 1.54) is 0 Å². The molecule has 0 aliphatic carbocycles. The number of carbonyl (C=O) groups excluding carboxylic acids is 1. The Hall–Kier alpha value is -3.88. The van der Waals surface area contributed by atoms with Crippen LogP contribution in [0, 0.1) is 0 Å². The highest BCUT2D eigenvalue weighted by atomic mass is 16.6. The van der Waals surface area contributed by atoms with E-state index < -0.39 is 12.1 Å². The van der Waals surface area contributed by atoms with E-state index in [9.17, 15) is 9.59 Å². The standard InChI is InChI=1S/C21H19N5O4/c1-13(21-25-19(26-30-21)14-6-5-11-22-12-14)29-18(27)10-4-9-17-23-16-8-3-2-7-15(16)20(28)24-17/h2-3,5-8,11-13H,4,9-10H2,1H3,(H,23,24,28). The van der Waals surface area contributed by atoms with E-state index in [0.717, 1.165) is 0 Å². The number of fused-ring (bicyclic) bond motifs is 1. The summed E-state index contributed by atoms with van der Waals surface area (Å²) in [5, 5.41) is 4.43. The van der Waals surface area contributed by atoms with E-state index in [0.29, 0.717) is 41.0 Å². The number of pyridine rings is 1. The SMILES string of the molecule is CC(OC(=O)CCCc1nc2ccccc2c(=O)[nH]1)c1nc(-c2cccnc2)no1. The van der Waals surface area contributed by atoms with Gasteiger partial charge in [0, 0.05) is 30.8 Å². The van der Waals surface area contributed by atoms with Gasteiger partial charge in [0.2, 0.25) is 5.82 Å². The molecule has 9 nitrogen and oxygen atoms in total. The third-order valence-corrected chi connectivity index (χ3v) is 4.47. The maximum Gasteiger partial charge on any atom is 0.306 e. The molecule has 0 aliphatic rings. The van der Waals surface area contributed by atoms with Gasteiger partial charge in [0.05, 0.1) is 10.9 Å². The molecule has 30 heavy (non-hydrogen) atoms. The minimum Gasteiger partial charge on any atom is -0.453 e. The minimum absolute atomic E-state index is 0.171. The highest BCUT2D eigenvalue weighted by molar-refractivity contribution is 5.77. The Morgan fingerprint density at radius 1 is 1.20 bits per heavy atom. The predicted octanol–water partition coefficient (Wildman–Crippen LogP) is 3.00. The number of para-hydroxylation sites is 1. The molecule has 1 unspecified atom stereocenters. The molecule has 3 aromatic heterocycles. The highest BCUT2D eigenvalue weighted by Gasteiger charge is 2.19. The van der Waals surface area contributed by atoms with Crippen LogP contribution in [0.2, 0.25) is 0 Å². The van der Waals surface area contributed by atoms with Crippen LogP contribution < -0.4 is 5.56 Å². The van der Waals surface area contributed by atoms with E-state index in [1.807, 2.05) is 12.1 Å². The first-order valence-electron chi connectivity index (χ1n) is 9.51. The maximum absolute atomic E-state index is 12.2. The molecule has 0 amide bonds. The topological polar surface area (TPSA) is 124 Å². The number of ether oxygens (including phenoxy) is 1. The molecule has 9 heteroatoms. The minimum atomic E-state index is -0.672. The van der Waals surface area contributed by atoms with Gasteiger partial charge < -0.3 is 14.2 Å². The molecular weight excluding hydrogens is 386 g/mol. The fraction of sp³-hybridized carbons (Fsp3) is 0.238. The number of aryl methyl sites for hydroxylation is 1. The first-order valence-corrected chi connectivity index (χ1v) is 9.51. The van der Waals surface area contributed by atoms with Gasteiger partial charge in [-0.1, -0.05) is 17.3 Å². The van der Waals surface area contributed by atoms with Crippen molar-refractivity contribution in [2.75, 3.05) is 0 Å². The van der Waals surface area contributed by atoms with E-state index >= 15 is 0 Å².